The first-order chi connectivity index (χ1) is 23.9. The normalized spacial score (nSPS) is 20.4. The summed E-state index contributed by atoms with van der Waals surface area (Å²) >= 11 is 0. The lowest BCUT2D eigenvalue weighted by Crippen LogP contribution is -2.55. The first-order valence-electron chi connectivity index (χ1n) is 16.7. The molecule has 0 spiro atoms. The Kier molecular flexibility index (Phi) is 12.2. The van der Waals surface area contributed by atoms with Crippen molar-refractivity contribution in [3.05, 3.63) is 90.0 Å². The van der Waals surface area contributed by atoms with Gasteiger partial charge in [0.1, 0.15) is 17.8 Å². The van der Waals surface area contributed by atoms with Gasteiger partial charge in [-0.25, -0.2) is 14.2 Å². The molecule has 2 amide bonds. The molecule has 0 radical (unpaired) electrons. The van der Waals surface area contributed by atoms with E-state index in [1.54, 1.807) is 51.4 Å². The van der Waals surface area contributed by atoms with E-state index in [4.69, 9.17) is 18.9 Å². The minimum atomic E-state index is -1.31. The molecule has 0 bridgehead atoms. The Morgan fingerprint density at radius 3 is 2.42 bits per heavy atom. The van der Waals surface area contributed by atoms with Crippen LogP contribution in [0, 0.1) is 23.1 Å². The highest BCUT2D eigenvalue weighted by Gasteiger charge is 2.44. The third kappa shape index (κ3) is 9.42. The van der Waals surface area contributed by atoms with Crippen LogP contribution in [0.2, 0.25) is 0 Å². The van der Waals surface area contributed by atoms with E-state index in [1.807, 2.05) is 36.4 Å². The summed E-state index contributed by atoms with van der Waals surface area (Å²) in [6, 6.07) is 16.6. The van der Waals surface area contributed by atoms with Crippen LogP contribution in [0.5, 0.6) is 0 Å². The van der Waals surface area contributed by atoms with E-state index in [0.717, 1.165) is 16.7 Å². The number of carbonyl (C=O) groups is 3. The van der Waals surface area contributed by atoms with Gasteiger partial charge in [-0.3, -0.25) is 20.0 Å². The van der Waals surface area contributed by atoms with Crippen LogP contribution in [-0.4, -0.2) is 84.5 Å². The molecular formula is C37H45FN4O8. The first kappa shape index (κ1) is 36.8. The van der Waals surface area contributed by atoms with Crippen LogP contribution in [0.3, 0.4) is 0 Å². The minimum absolute atomic E-state index is 0.0959. The van der Waals surface area contributed by atoms with Crippen molar-refractivity contribution in [2.24, 2.45) is 17.3 Å². The molecule has 3 aromatic rings. The molecule has 50 heavy (non-hydrogen) atoms. The smallest absolute Gasteiger partial charge is 0.422 e. The van der Waals surface area contributed by atoms with Crippen LogP contribution >= 0.6 is 0 Å². The van der Waals surface area contributed by atoms with Gasteiger partial charge >= 0.3 is 12.1 Å². The Morgan fingerprint density at radius 1 is 1.04 bits per heavy atom. The number of carbonyl (C=O) groups excluding carboxylic acids is 3. The zero-order valence-electron chi connectivity index (χ0n) is 28.7. The molecule has 2 aliphatic heterocycles. The molecule has 12 nitrogen and oxygen atoms in total. The van der Waals surface area contributed by atoms with Crippen molar-refractivity contribution in [1.82, 2.24) is 20.7 Å². The maximum atomic E-state index is 14.8. The molecule has 2 aliphatic rings. The van der Waals surface area contributed by atoms with Gasteiger partial charge in [0.2, 0.25) is 5.91 Å². The Hall–Kier alpha value is -4.43. The second-order valence-electron chi connectivity index (χ2n) is 13.7. The second-order valence-corrected chi connectivity index (χ2v) is 13.7. The third-order valence-electron chi connectivity index (χ3n) is 9.00. The van der Waals surface area contributed by atoms with Crippen molar-refractivity contribution in [3.8, 4) is 11.1 Å². The summed E-state index contributed by atoms with van der Waals surface area (Å²) in [4.78, 5) is 43.7. The van der Waals surface area contributed by atoms with Crippen LogP contribution in [0.15, 0.2) is 73.1 Å². The number of hydrogen-bond donors (Lipinski definition) is 3. The Labute approximate surface area is 291 Å². The van der Waals surface area contributed by atoms with Crippen LogP contribution in [0.1, 0.15) is 38.3 Å². The molecule has 6 atom stereocenters. The summed E-state index contributed by atoms with van der Waals surface area (Å²) in [5.41, 5.74) is 4.85. The lowest BCUT2D eigenvalue weighted by Gasteiger charge is -2.33. The van der Waals surface area contributed by atoms with Crippen molar-refractivity contribution in [2.75, 3.05) is 26.9 Å². The maximum Gasteiger partial charge on any atom is 0.422 e. The third-order valence-corrected chi connectivity index (χ3v) is 9.00. The molecule has 0 aliphatic carbocycles. The Morgan fingerprint density at radius 2 is 1.74 bits per heavy atom. The zero-order valence-corrected chi connectivity index (χ0v) is 28.7. The van der Waals surface area contributed by atoms with E-state index in [-0.39, 0.29) is 37.6 Å². The second kappa shape index (κ2) is 16.5. The van der Waals surface area contributed by atoms with Crippen LogP contribution in [0.25, 0.3) is 11.1 Å². The highest BCUT2D eigenvalue weighted by Crippen LogP contribution is 2.33. The number of hydrogen-bond acceptors (Lipinski definition) is 10. The molecule has 0 saturated carbocycles. The van der Waals surface area contributed by atoms with Crippen LogP contribution in [-0.2, 0) is 41.5 Å². The predicted octanol–water partition coefficient (Wildman–Crippen LogP) is 4.02. The van der Waals surface area contributed by atoms with Gasteiger partial charge in [0.15, 0.2) is 6.29 Å². The summed E-state index contributed by atoms with van der Waals surface area (Å²) in [5.74, 6) is -3.09. The van der Waals surface area contributed by atoms with Gasteiger partial charge in [0, 0.05) is 31.0 Å². The lowest BCUT2D eigenvalue weighted by atomic mass is 9.80. The Balaban J connectivity index is 1.37. The molecule has 1 aromatic heterocycles. The number of hydrazine groups is 1. The number of nitrogens with zero attached hydrogens (tertiary/aromatic N) is 2. The molecule has 5 rings (SSSR count). The van der Waals surface area contributed by atoms with Crippen molar-refractivity contribution < 1.29 is 42.8 Å². The number of esters is 1. The monoisotopic (exact) mass is 692 g/mol. The number of nitrogens with one attached hydrogen (secondary N) is 2. The zero-order chi connectivity index (χ0) is 35.8. The number of aromatic nitrogens is 1. The molecule has 268 valence electrons. The van der Waals surface area contributed by atoms with Gasteiger partial charge in [-0.15, -0.1) is 0 Å². The van der Waals surface area contributed by atoms with Gasteiger partial charge in [0.25, 0.3) is 0 Å². The average Bonchev–Trinajstić information content (AvgIpc) is 3.71. The first-order valence-corrected chi connectivity index (χ1v) is 16.7. The predicted molar refractivity (Wildman–Crippen MR) is 180 cm³/mol. The number of ether oxygens (including phenoxy) is 4. The summed E-state index contributed by atoms with van der Waals surface area (Å²) < 4.78 is 36.6. The summed E-state index contributed by atoms with van der Waals surface area (Å²) in [6.07, 6.45) is 1.19. The van der Waals surface area contributed by atoms with E-state index >= 15 is 0 Å². The van der Waals surface area contributed by atoms with E-state index in [2.05, 4.69) is 15.7 Å². The molecule has 2 saturated heterocycles. The van der Waals surface area contributed by atoms with Crippen molar-refractivity contribution in [1.29, 1.82) is 0 Å². The van der Waals surface area contributed by atoms with Gasteiger partial charge in [-0.05, 0) is 53.1 Å². The molecule has 3 heterocycles. The van der Waals surface area contributed by atoms with E-state index in [9.17, 15) is 23.9 Å². The quantitative estimate of drug-likeness (QED) is 0.136. The largest absolute Gasteiger partial charge is 0.468 e. The fraction of sp³-hybridized carbons (Fsp3) is 0.459. The molecule has 2 fully saturated rings. The number of halogens is 1. The van der Waals surface area contributed by atoms with E-state index < -0.39 is 59.7 Å². The topological polar surface area (TPSA) is 149 Å². The molecule has 3 N–H and O–H groups in total. The minimum Gasteiger partial charge on any atom is -0.468 e. The highest BCUT2D eigenvalue weighted by molar-refractivity contribution is 5.98. The number of pyridine rings is 1. The highest BCUT2D eigenvalue weighted by atomic mass is 19.1. The van der Waals surface area contributed by atoms with Gasteiger partial charge < -0.3 is 29.4 Å². The number of fused-ring (bicyclic) bond motifs is 1. The number of amides is 2. The lowest BCUT2D eigenvalue weighted by molar-refractivity contribution is -0.155. The maximum absolute atomic E-state index is 14.8. The van der Waals surface area contributed by atoms with Crippen molar-refractivity contribution >= 4 is 18.0 Å². The average molecular weight is 693 g/mol. The van der Waals surface area contributed by atoms with E-state index in [1.165, 1.54) is 18.2 Å². The van der Waals surface area contributed by atoms with Gasteiger partial charge in [-0.2, -0.15) is 0 Å². The molecule has 2 aromatic carbocycles. The molecule has 13 heteroatoms. The SMILES string of the molecule is COC(=O)C(C(=O)NC(Cc1ccc(-c2ccncc2)cc1)C(O)CN(Cc1ccccc1F)NC(=O)OC1COC2OCCC12)C(C)(C)C. The fourth-order valence-electron chi connectivity index (χ4n) is 6.33. The van der Waals surface area contributed by atoms with Crippen LogP contribution < -0.4 is 10.7 Å². The van der Waals surface area contributed by atoms with Gasteiger partial charge in [0.05, 0.1) is 38.4 Å². The number of benzene rings is 2. The van der Waals surface area contributed by atoms with Crippen molar-refractivity contribution in [2.45, 2.75) is 64.7 Å². The summed E-state index contributed by atoms with van der Waals surface area (Å²) in [7, 11) is 1.22. The molecule has 6 unspecified atom stereocenters. The summed E-state index contributed by atoms with van der Waals surface area (Å²) in [6.45, 7) is 5.58. The van der Waals surface area contributed by atoms with E-state index in [0.29, 0.717) is 13.0 Å². The number of aliphatic hydroxyl groups excluding tert-OH is 1. The molecular weight excluding hydrogens is 647 g/mol. The standard InChI is InChI=1S/C37H45FN4O8/c1-37(2,3)32(34(45)47-4)33(44)40-29(19-23-9-11-24(12-10-23)25-13-16-39-17-14-25)30(43)21-42(20-26-7-5-6-8-28(26)38)41-36(46)50-31-22-49-35-27(31)15-18-48-35/h5-14,16-17,27,29-32,35,43H,15,18-22H2,1-4H3,(H,40,44)(H,41,46). The summed E-state index contributed by atoms with van der Waals surface area (Å²) in [5, 5.41) is 16.0. The van der Waals surface area contributed by atoms with Gasteiger partial charge in [-0.1, -0.05) is 63.2 Å². The fourth-order valence-corrected chi connectivity index (χ4v) is 6.33. The number of methoxy groups -OCH3 is 1. The van der Waals surface area contributed by atoms with Crippen molar-refractivity contribution in [3.63, 3.8) is 0 Å². The number of rotatable bonds is 13. The van der Waals surface area contributed by atoms with Crippen LogP contribution in [0.4, 0.5) is 9.18 Å². The number of aliphatic hydroxyl groups is 1. The Bertz CT molecular complexity index is 1600.